The van der Waals surface area contributed by atoms with Crippen LogP contribution < -0.4 is 10.2 Å². The molecular weight excluding hydrogens is 434 g/mol. The van der Waals surface area contributed by atoms with Gasteiger partial charge < -0.3 is 19.9 Å². The summed E-state index contributed by atoms with van der Waals surface area (Å²) in [4.78, 5) is 49.7. The number of amides is 2. The number of anilines is 1. The lowest BCUT2D eigenvalue weighted by Crippen LogP contribution is -2.51. The van der Waals surface area contributed by atoms with Gasteiger partial charge in [0.25, 0.3) is 11.8 Å². The molecular formula is C22H26ClN5O4. The number of aromatic nitrogens is 2. The van der Waals surface area contributed by atoms with Crippen LogP contribution in [0.15, 0.2) is 42.7 Å². The van der Waals surface area contributed by atoms with Crippen molar-refractivity contribution in [2.24, 2.45) is 5.92 Å². The van der Waals surface area contributed by atoms with Crippen molar-refractivity contribution >= 4 is 35.3 Å². The second kappa shape index (κ2) is 10.9. The Hall–Kier alpha value is -3.20. The number of hydrogen-bond acceptors (Lipinski definition) is 7. The first-order valence-electron chi connectivity index (χ1n) is 10.4. The summed E-state index contributed by atoms with van der Waals surface area (Å²) >= 11 is 6.06. The van der Waals surface area contributed by atoms with Crippen LogP contribution in [-0.4, -0.2) is 71.5 Å². The molecule has 0 aliphatic carbocycles. The molecule has 0 saturated carbocycles. The van der Waals surface area contributed by atoms with E-state index < -0.39 is 17.9 Å². The molecule has 2 aromatic rings. The molecule has 9 nitrogen and oxygen atoms in total. The van der Waals surface area contributed by atoms with Crippen LogP contribution in [0.5, 0.6) is 0 Å². The first kappa shape index (κ1) is 23.5. The van der Waals surface area contributed by atoms with E-state index in [2.05, 4.69) is 15.3 Å². The Morgan fingerprint density at radius 2 is 1.72 bits per heavy atom. The summed E-state index contributed by atoms with van der Waals surface area (Å²) in [5, 5.41) is 2.95. The van der Waals surface area contributed by atoms with Crippen molar-refractivity contribution in [2.45, 2.75) is 19.9 Å². The number of halogens is 1. The van der Waals surface area contributed by atoms with Crippen LogP contribution in [0.1, 0.15) is 24.2 Å². The number of carbonyl (C=O) groups excluding carboxylic acids is 3. The van der Waals surface area contributed by atoms with E-state index in [0.29, 0.717) is 32.1 Å². The van der Waals surface area contributed by atoms with Gasteiger partial charge in [-0.05, 0) is 24.1 Å². The van der Waals surface area contributed by atoms with Gasteiger partial charge in [-0.3, -0.25) is 9.59 Å². The summed E-state index contributed by atoms with van der Waals surface area (Å²) in [7, 11) is 0. The van der Waals surface area contributed by atoms with Gasteiger partial charge in [0, 0.05) is 38.6 Å². The molecule has 1 aliphatic rings. The third kappa shape index (κ3) is 5.94. The molecule has 32 heavy (non-hydrogen) atoms. The smallest absolute Gasteiger partial charge is 0.329 e. The van der Waals surface area contributed by atoms with Crippen LogP contribution in [-0.2, 0) is 14.3 Å². The fourth-order valence-corrected chi connectivity index (χ4v) is 3.51. The van der Waals surface area contributed by atoms with Gasteiger partial charge in [-0.25, -0.2) is 14.8 Å². The Kier molecular flexibility index (Phi) is 7.99. The van der Waals surface area contributed by atoms with E-state index in [1.807, 2.05) is 4.90 Å². The molecule has 2 heterocycles. The lowest BCUT2D eigenvalue weighted by Gasteiger charge is -2.34. The van der Waals surface area contributed by atoms with Crippen molar-refractivity contribution in [3.63, 3.8) is 0 Å². The Bertz CT molecular complexity index is 948. The van der Waals surface area contributed by atoms with Crippen molar-refractivity contribution in [1.29, 1.82) is 0 Å². The van der Waals surface area contributed by atoms with Crippen LogP contribution in [0.3, 0.4) is 0 Å². The van der Waals surface area contributed by atoms with Gasteiger partial charge in [-0.1, -0.05) is 37.6 Å². The Labute approximate surface area is 191 Å². The molecule has 0 spiro atoms. The fourth-order valence-electron chi connectivity index (χ4n) is 3.29. The first-order valence-corrected chi connectivity index (χ1v) is 10.8. The van der Waals surface area contributed by atoms with Crippen LogP contribution in [0.2, 0.25) is 5.02 Å². The van der Waals surface area contributed by atoms with Crippen molar-refractivity contribution in [3.8, 4) is 0 Å². The Morgan fingerprint density at radius 3 is 2.34 bits per heavy atom. The molecule has 2 amide bonds. The van der Waals surface area contributed by atoms with Crippen molar-refractivity contribution in [2.75, 3.05) is 37.7 Å². The van der Waals surface area contributed by atoms with Crippen LogP contribution in [0.4, 0.5) is 5.95 Å². The summed E-state index contributed by atoms with van der Waals surface area (Å²) in [6.07, 6.45) is 3.35. The number of hydrogen-bond donors (Lipinski definition) is 1. The molecule has 1 aromatic heterocycles. The molecule has 170 valence electrons. The normalized spacial score (nSPS) is 14.8. The predicted molar refractivity (Wildman–Crippen MR) is 119 cm³/mol. The Balaban J connectivity index is 1.50. The second-order valence-corrected chi connectivity index (χ2v) is 8.11. The topological polar surface area (TPSA) is 105 Å². The highest BCUT2D eigenvalue weighted by Crippen LogP contribution is 2.16. The van der Waals surface area contributed by atoms with Crippen molar-refractivity contribution in [1.82, 2.24) is 20.2 Å². The zero-order valence-electron chi connectivity index (χ0n) is 18.0. The fraction of sp³-hybridized carbons (Fsp3) is 0.409. The van der Waals surface area contributed by atoms with E-state index >= 15 is 0 Å². The second-order valence-electron chi connectivity index (χ2n) is 7.70. The average molecular weight is 460 g/mol. The number of piperazine rings is 1. The van der Waals surface area contributed by atoms with Crippen LogP contribution in [0.25, 0.3) is 0 Å². The van der Waals surface area contributed by atoms with E-state index in [1.165, 1.54) is 0 Å². The molecule has 0 unspecified atom stereocenters. The predicted octanol–water partition coefficient (Wildman–Crippen LogP) is 1.78. The van der Waals surface area contributed by atoms with E-state index in [1.54, 1.807) is 61.5 Å². The van der Waals surface area contributed by atoms with Gasteiger partial charge in [-0.2, -0.15) is 0 Å². The molecule has 1 saturated heterocycles. The van der Waals surface area contributed by atoms with Gasteiger partial charge in [0.2, 0.25) is 5.95 Å². The molecule has 3 rings (SSSR count). The number of carbonyl (C=O) groups is 3. The highest BCUT2D eigenvalue weighted by atomic mass is 35.5. The largest absolute Gasteiger partial charge is 0.454 e. The van der Waals surface area contributed by atoms with Crippen LogP contribution >= 0.6 is 11.6 Å². The third-order valence-electron chi connectivity index (χ3n) is 5.13. The minimum Gasteiger partial charge on any atom is -0.454 e. The highest BCUT2D eigenvalue weighted by molar-refractivity contribution is 6.33. The lowest BCUT2D eigenvalue weighted by atomic mass is 10.0. The number of esters is 1. The molecule has 1 fully saturated rings. The SMILES string of the molecule is CC(C)[C@@H](NC(=O)c1ccccc1Cl)C(=O)OCC(=O)N1CCN(c2ncccn2)CC1. The van der Waals surface area contributed by atoms with E-state index in [-0.39, 0.29) is 29.0 Å². The van der Waals surface area contributed by atoms with E-state index in [0.717, 1.165) is 0 Å². The Morgan fingerprint density at radius 1 is 1.06 bits per heavy atom. The summed E-state index contributed by atoms with van der Waals surface area (Å²) in [6.45, 7) is 5.32. The van der Waals surface area contributed by atoms with Crippen molar-refractivity contribution < 1.29 is 19.1 Å². The van der Waals surface area contributed by atoms with Crippen LogP contribution in [0, 0.1) is 5.92 Å². The first-order chi connectivity index (χ1) is 15.4. The zero-order valence-corrected chi connectivity index (χ0v) is 18.8. The lowest BCUT2D eigenvalue weighted by molar-refractivity contribution is -0.154. The number of benzene rings is 1. The summed E-state index contributed by atoms with van der Waals surface area (Å²) in [5.41, 5.74) is 0.268. The maximum Gasteiger partial charge on any atom is 0.329 e. The molecule has 1 aliphatic heterocycles. The molecule has 0 radical (unpaired) electrons. The zero-order chi connectivity index (χ0) is 23.1. The van der Waals surface area contributed by atoms with Gasteiger partial charge in [0.05, 0.1) is 10.6 Å². The maximum absolute atomic E-state index is 12.6. The molecule has 10 heteroatoms. The summed E-state index contributed by atoms with van der Waals surface area (Å²) in [6, 6.07) is 7.42. The standard InChI is InChI=1S/C22H26ClN5O4/c1-15(2)19(26-20(30)16-6-3-4-7-17(16)23)21(31)32-14-18(29)27-10-12-28(13-11-27)22-24-8-5-9-25-22/h3-9,15,19H,10-14H2,1-2H3,(H,26,30)/t19-/m1/s1. The monoisotopic (exact) mass is 459 g/mol. The highest BCUT2D eigenvalue weighted by Gasteiger charge is 2.29. The van der Waals surface area contributed by atoms with Gasteiger partial charge in [0.15, 0.2) is 6.61 Å². The van der Waals surface area contributed by atoms with E-state index in [4.69, 9.17) is 16.3 Å². The summed E-state index contributed by atoms with van der Waals surface area (Å²) in [5.74, 6) is -1.03. The third-order valence-corrected chi connectivity index (χ3v) is 5.46. The minimum atomic E-state index is -0.904. The molecule has 0 bridgehead atoms. The molecule has 1 aromatic carbocycles. The average Bonchev–Trinajstić information content (AvgIpc) is 2.81. The maximum atomic E-state index is 12.6. The van der Waals surface area contributed by atoms with Gasteiger partial charge >= 0.3 is 5.97 Å². The van der Waals surface area contributed by atoms with Gasteiger partial charge in [0.1, 0.15) is 6.04 Å². The number of ether oxygens (including phenoxy) is 1. The molecule has 1 atom stereocenters. The minimum absolute atomic E-state index is 0.238. The van der Waals surface area contributed by atoms with E-state index in [9.17, 15) is 14.4 Å². The quantitative estimate of drug-likeness (QED) is 0.629. The summed E-state index contributed by atoms with van der Waals surface area (Å²) < 4.78 is 5.24. The number of nitrogens with zero attached hydrogens (tertiary/aromatic N) is 4. The van der Waals surface area contributed by atoms with Gasteiger partial charge in [-0.15, -0.1) is 0 Å². The number of nitrogens with one attached hydrogen (secondary N) is 1. The number of rotatable bonds is 7. The van der Waals surface area contributed by atoms with Crippen molar-refractivity contribution in [3.05, 3.63) is 53.3 Å². The molecule has 1 N–H and O–H groups in total.